The van der Waals surface area contributed by atoms with Crippen LogP contribution < -0.4 is 4.90 Å². The van der Waals surface area contributed by atoms with Crippen LogP contribution in [-0.2, 0) is 6.42 Å². The van der Waals surface area contributed by atoms with Crippen LogP contribution in [0.3, 0.4) is 0 Å². The minimum Gasteiger partial charge on any atom is -0.372 e. The molecule has 0 radical (unpaired) electrons. The zero-order valence-corrected chi connectivity index (χ0v) is 15.1. The van der Waals surface area contributed by atoms with Gasteiger partial charge in [0.25, 0.3) is 0 Å². The molecule has 0 N–H and O–H groups in total. The Labute approximate surface area is 137 Å². The Hall–Kier alpha value is -1.76. The second kappa shape index (κ2) is 9.30. The Morgan fingerprint density at radius 2 is 1.36 bits per heavy atom. The summed E-state index contributed by atoms with van der Waals surface area (Å²) >= 11 is 0. The fourth-order valence-electron chi connectivity index (χ4n) is 3.00. The van der Waals surface area contributed by atoms with Crippen LogP contribution in [0.25, 0.3) is 11.1 Å². The number of fused-ring (bicyclic) bond motifs is 3. The van der Waals surface area contributed by atoms with Crippen molar-refractivity contribution in [1.82, 2.24) is 0 Å². The van der Waals surface area contributed by atoms with Gasteiger partial charge in [-0.3, -0.25) is 0 Å². The van der Waals surface area contributed by atoms with Gasteiger partial charge in [-0.25, -0.2) is 0 Å². The molecule has 1 heteroatoms. The van der Waals surface area contributed by atoms with E-state index in [4.69, 9.17) is 0 Å². The number of hydrogen-bond donors (Lipinski definition) is 0. The summed E-state index contributed by atoms with van der Waals surface area (Å²) < 4.78 is 0. The Morgan fingerprint density at radius 1 is 0.773 bits per heavy atom. The van der Waals surface area contributed by atoms with Crippen LogP contribution in [0.2, 0.25) is 0 Å². The number of rotatable bonds is 3. The first kappa shape index (κ1) is 18.3. The normalized spacial score (nSPS) is 10.5. The highest BCUT2D eigenvalue weighted by atomic mass is 15.1. The number of benzene rings is 2. The topological polar surface area (TPSA) is 3.24 Å². The fourth-order valence-corrected chi connectivity index (χ4v) is 3.00. The van der Waals surface area contributed by atoms with E-state index in [0.717, 1.165) is 19.5 Å². The quantitative estimate of drug-likeness (QED) is 0.560. The molecule has 0 saturated carbocycles. The van der Waals surface area contributed by atoms with Crippen LogP contribution in [-0.4, -0.2) is 13.1 Å². The Bertz CT molecular complexity index is 568. The van der Waals surface area contributed by atoms with E-state index in [9.17, 15) is 0 Å². The van der Waals surface area contributed by atoms with E-state index in [0.29, 0.717) is 0 Å². The van der Waals surface area contributed by atoms with Gasteiger partial charge in [0.15, 0.2) is 0 Å². The molecule has 0 fully saturated rings. The first-order chi connectivity index (χ1) is 10.8. The SMILES string of the molecule is CC.CC.CCN(CC)c1cccc2c1-c1ccccc1C2. The lowest BCUT2D eigenvalue weighted by molar-refractivity contribution is 0.867. The molecule has 0 heterocycles. The van der Waals surface area contributed by atoms with Crippen LogP contribution in [0.5, 0.6) is 0 Å². The van der Waals surface area contributed by atoms with Crippen LogP contribution >= 0.6 is 0 Å². The molecule has 2 aromatic carbocycles. The highest BCUT2D eigenvalue weighted by molar-refractivity contribution is 5.87. The highest BCUT2D eigenvalue weighted by Crippen LogP contribution is 2.42. The number of anilines is 1. The maximum Gasteiger partial charge on any atom is 0.0448 e. The molecule has 22 heavy (non-hydrogen) atoms. The predicted octanol–water partition coefficient (Wildman–Crippen LogP) is 6.16. The average molecular weight is 297 g/mol. The second-order valence-corrected chi connectivity index (χ2v) is 4.82. The van der Waals surface area contributed by atoms with Gasteiger partial charge in [-0.2, -0.15) is 0 Å². The molecule has 0 unspecified atom stereocenters. The monoisotopic (exact) mass is 297 g/mol. The minimum absolute atomic E-state index is 1.06. The molecule has 0 aromatic heterocycles. The summed E-state index contributed by atoms with van der Waals surface area (Å²) in [5.41, 5.74) is 7.21. The standard InChI is InChI=1S/C17H19N.2C2H6/c1-3-18(4-2)16-11-7-9-14-12-13-8-5-6-10-15(13)17(14)16;2*1-2/h5-11H,3-4,12H2,1-2H3;2*1-2H3. The molecule has 1 nitrogen and oxygen atoms in total. The van der Waals surface area contributed by atoms with Crippen molar-refractivity contribution in [2.24, 2.45) is 0 Å². The Morgan fingerprint density at radius 3 is 2.00 bits per heavy atom. The first-order valence-electron chi connectivity index (χ1n) is 8.80. The lowest BCUT2D eigenvalue weighted by Gasteiger charge is -2.24. The van der Waals surface area contributed by atoms with Gasteiger partial charge in [0.05, 0.1) is 0 Å². The molecule has 1 aliphatic rings. The zero-order valence-electron chi connectivity index (χ0n) is 15.1. The fraction of sp³-hybridized carbons (Fsp3) is 0.429. The second-order valence-electron chi connectivity index (χ2n) is 4.82. The van der Waals surface area contributed by atoms with Crippen molar-refractivity contribution in [3.8, 4) is 11.1 Å². The molecule has 0 bridgehead atoms. The minimum atomic E-state index is 1.06. The third-order valence-electron chi connectivity index (χ3n) is 3.90. The summed E-state index contributed by atoms with van der Waals surface area (Å²) in [4.78, 5) is 2.45. The van der Waals surface area contributed by atoms with Gasteiger partial charge in [-0.05, 0) is 43.0 Å². The molecule has 2 aromatic rings. The van der Waals surface area contributed by atoms with Crippen molar-refractivity contribution < 1.29 is 0 Å². The Kier molecular flexibility index (Phi) is 7.73. The van der Waals surface area contributed by atoms with Gasteiger partial charge in [0.2, 0.25) is 0 Å². The molecule has 0 aliphatic heterocycles. The van der Waals surface area contributed by atoms with Crippen molar-refractivity contribution >= 4 is 5.69 Å². The summed E-state index contributed by atoms with van der Waals surface area (Å²) in [6.07, 6.45) is 1.08. The molecule has 120 valence electrons. The van der Waals surface area contributed by atoms with Crippen molar-refractivity contribution in [2.45, 2.75) is 48.0 Å². The van der Waals surface area contributed by atoms with Crippen molar-refractivity contribution in [3.05, 3.63) is 53.6 Å². The lowest BCUT2D eigenvalue weighted by Crippen LogP contribution is -2.22. The van der Waals surface area contributed by atoms with Gasteiger partial charge in [0, 0.05) is 24.3 Å². The summed E-state index contributed by atoms with van der Waals surface area (Å²) in [5.74, 6) is 0. The van der Waals surface area contributed by atoms with Crippen LogP contribution in [0.4, 0.5) is 5.69 Å². The Balaban J connectivity index is 0.000000561. The summed E-state index contributed by atoms with van der Waals surface area (Å²) in [6, 6.07) is 15.5. The summed E-state index contributed by atoms with van der Waals surface area (Å²) in [5, 5.41) is 0. The highest BCUT2D eigenvalue weighted by Gasteiger charge is 2.22. The van der Waals surface area contributed by atoms with Crippen molar-refractivity contribution in [1.29, 1.82) is 0 Å². The summed E-state index contributed by atoms with van der Waals surface area (Å²) in [7, 11) is 0. The predicted molar refractivity (Wildman–Crippen MR) is 101 cm³/mol. The average Bonchev–Trinajstić information content (AvgIpc) is 2.99. The van der Waals surface area contributed by atoms with Crippen LogP contribution in [0.1, 0.15) is 52.7 Å². The van der Waals surface area contributed by atoms with E-state index < -0.39 is 0 Å². The molecule has 0 amide bonds. The molecular weight excluding hydrogens is 266 g/mol. The van der Waals surface area contributed by atoms with Gasteiger partial charge in [0.1, 0.15) is 0 Å². The van der Waals surface area contributed by atoms with E-state index >= 15 is 0 Å². The van der Waals surface area contributed by atoms with Crippen LogP contribution in [0, 0.1) is 0 Å². The van der Waals surface area contributed by atoms with Gasteiger partial charge >= 0.3 is 0 Å². The van der Waals surface area contributed by atoms with Gasteiger partial charge < -0.3 is 4.90 Å². The first-order valence-corrected chi connectivity index (χ1v) is 8.80. The molecule has 0 spiro atoms. The number of nitrogens with zero attached hydrogens (tertiary/aromatic N) is 1. The molecule has 0 saturated heterocycles. The van der Waals surface area contributed by atoms with Crippen LogP contribution in [0.15, 0.2) is 42.5 Å². The zero-order chi connectivity index (χ0) is 16.5. The molecule has 3 rings (SSSR count). The van der Waals surface area contributed by atoms with E-state index in [1.807, 2.05) is 27.7 Å². The van der Waals surface area contributed by atoms with Gasteiger partial charge in [-0.15, -0.1) is 0 Å². The molecular formula is C21H31N. The summed E-state index contributed by atoms with van der Waals surface area (Å²) in [6.45, 7) is 14.6. The molecule has 0 atom stereocenters. The molecule has 1 aliphatic carbocycles. The van der Waals surface area contributed by atoms with Crippen molar-refractivity contribution in [3.63, 3.8) is 0 Å². The largest absolute Gasteiger partial charge is 0.372 e. The van der Waals surface area contributed by atoms with Crippen molar-refractivity contribution in [2.75, 3.05) is 18.0 Å². The van der Waals surface area contributed by atoms with E-state index in [2.05, 4.69) is 61.2 Å². The maximum absolute atomic E-state index is 2.45. The lowest BCUT2D eigenvalue weighted by atomic mass is 10.0. The van der Waals surface area contributed by atoms with E-state index in [1.54, 1.807) is 0 Å². The third-order valence-corrected chi connectivity index (χ3v) is 3.90. The van der Waals surface area contributed by atoms with E-state index in [-0.39, 0.29) is 0 Å². The smallest absolute Gasteiger partial charge is 0.0448 e. The van der Waals surface area contributed by atoms with Gasteiger partial charge in [-0.1, -0.05) is 64.1 Å². The van der Waals surface area contributed by atoms with E-state index in [1.165, 1.54) is 27.9 Å². The maximum atomic E-state index is 2.45. The number of hydrogen-bond acceptors (Lipinski definition) is 1. The third kappa shape index (κ3) is 3.52.